The van der Waals surface area contributed by atoms with Crippen LogP contribution in [0.15, 0.2) is 46.5 Å². The molecule has 0 aliphatic carbocycles. The first-order chi connectivity index (χ1) is 7.85. The van der Waals surface area contributed by atoms with E-state index in [0.29, 0.717) is 22.7 Å². The molecule has 0 radical (unpaired) electrons. The van der Waals surface area contributed by atoms with Gasteiger partial charge in [0.2, 0.25) is 0 Å². The molecule has 2 rings (SSSR count). The van der Waals surface area contributed by atoms with Gasteiger partial charge in [0, 0.05) is 5.56 Å². The molecule has 1 N–H and O–H groups in total. The summed E-state index contributed by atoms with van der Waals surface area (Å²) in [6.45, 7) is 0. The monoisotopic (exact) mass is 218 g/mol. The van der Waals surface area contributed by atoms with E-state index in [-0.39, 0.29) is 0 Å². The van der Waals surface area contributed by atoms with Gasteiger partial charge in [-0.15, -0.1) is 0 Å². The van der Waals surface area contributed by atoms with Gasteiger partial charge in [0.1, 0.15) is 23.4 Å². The number of ether oxygens (including phenoxy) is 1. The number of methoxy groups -OCH3 is 1. The molecule has 0 aliphatic rings. The molecule has 0 saturated carbocycles. The Labute approximate surface area is 92.0 Å². The molecule has 5 nitrogen and oxygen atoms in total. The fraction of sp³-hybridized carbons (Fsp3) is 0.0909. The lowest BCUT2D eigenvalue weighted by atomic mass is 10.1. The molecule has 0 aliphatic heterocycles. The highest BCUT2D eigenvalue weighted by Crippen LogP contribution is 2.16. The lowest BCUT2D eigenvalue weighted by molar-refractivity contribution is 0.319. The zero-order chi connectivity index (χ0) is 11.4. The van der Waals surface area contributed by atoms with Crippen LogP contribution in [0.2, 0.25) is 0 Å². The van der Waals surface area contributed by atoms with Crippen molar-refractivity contribution in [3.63, 3.8) is 0 Å². The smallest absolute Gasteiger partial charge is 0.181 e. The number of hydrogen-bond acceptors (Lipinski definition) is 5. The van der Waals surface area contributed by atoms with Gasteiger partial charge in [-0.3, -0.25) is 0 Å². The first-order valence-corrected chi connectivity index (χ1v) is 4.60. The minimum Gasteiger partial charge on any atom is -0.497 e. The summed E-state index contributed by atoms with van der Waals surface area (Å²) in [7, 11) is 1.57. The van der Waals surface area contributed by atoms with Gasteiger partial charge in [-0.1, -0.05) is 17.3 Å². The molecular weight excluding hydrogens is 208 g/mol. The van der Waals surface area contributed by atoms with Crippen LogP contribution in [-0.4, -0.2) is 23.0 Å². The molecule has 0 saturated heterocycles. The van der Waals surface area contributed by atoms with E-state index in [2.05, 4.69) is 10.1 Å². The standard InChI is InChI=1S/C11H10N2O3/c1-15-9-4-2-3-8(5-9)11(13-14)10-6-16-7-12-10/h2-7,14H,1H3. The lowest BCUT2D eigenvalue weighted by Gasteiger charge is -2.03. The van der Waals surface area contributed by atoms with Crippen molar-refractivity contribution >= 4 is 5.71 Å². The summed E-state index contributed by atoms with van der Waals surface area (Å²) < 4.78 is 9.93. The molecule has 0 fully saturated rings. The number of aromatic nitrogens is 1. The van der Waals surface area contributed by atoms with E-state index < -0.39 is 0 Å². The fourth-order valence-electron chi connectivity index (χ4n) is 1.36. The minimum absolute atomic E-state index is 0.340. The van der Waals surface area contributed by atoms with Crippen molar-refractivity contribution in [3.05, 3.63) is 48.2 Å². The molecule has 16 heavy (non-hydrogen) atoms. The Morgan fingerprint density at radius 1 is 1.50 bits per heavy atom. The SMILES string of the molecule is COc1cccc(C(=NO)c2cocn2)c1. The molecule has 0 amide bonds. The van der Waals surface area contributed by atoms with Gasteiger partial charge in [0.15, 0.2) is 6.39 Å². The second-order valence-electron chi connectivity index (χ2n) is 3.05. The van der Waals surface area contributed by atoms with Crippen molar-refractivity contribution in [2.75, 3.05) is 7.11 Å². The Morgan fingerprint density at radius 2 is 2.38 bits per heavy atom. The van der Waals surface area contributed by atoms with Crippen molar-refractivity contribution < 1.29 is 14.4 Å². The summed E-state index contributed by atoms with van der Waals surface area (Å²) in [5.74, 6) is 0.683. The quantitative estimate of drug-likeness (QED) is 0.485. The van der Waals surface area contributed by atoms with Crippen molar-refractivity contribution in [2.24, 2.45) is 5.16 Å². The third kappa shape index (κ3) is 1.88. The minimum atomic E-state index is 0.340. The fourth-order valence-corrected chi connectivity index (χ4v) is 1.36. The normalized spacial score (nSPS) is 11.4. The predicted molar refractivity (Wildman–Crippen MR) is 56.9 cm³/mol. The van der Waals surface area contributed by atoms with E-state index in [9.17, 15) is 0 Å². The highest BCUT2D eigenvalue weighted by molar-refractivity contribution is 6.11. The third-order valence-electron chi connectivity index (χ3n) is 2.12. The summed E-state index contributed by atoms with van der Waals surface area (Å²) in [5, 5.41) is 12.2. The molecule has 2 aromatic rings. The molecule has 0 unspecified atom stereocenters. The highest BCUT2D eigenvalue weighted by atomic mass is 16.5. The van der Waals surface area contributed by atoms with Gasteiger partial charge in [-0.25, -0.2) is 4.98 Å². The number of oxazole rings is 1. The van der Waals surface area contributed by atoms with Crippen LogP contribution < -0.4 is 4.74 Å². The van der Waals surface area contributed by atoms with Crippen LogP contribution in [0.4, 0.5) is 0 Å². The van der Waals surface area contributed by atoms with Crippen LogP contribution in [0.3, 0.4) is 0 Å². The van der Waals surface area contributed by atoms with E-state index in [4.69, 9.17) is 14.4 Å². The van der Waals surface area contributed by atoms with Crippen LogP contribution in [-0.2, 0) is 0 Å². The largest absolute Gasteiger partial charge is 0.497 e. The van der Waals surface area contributed by atoms with Crippen molar-refractivity contribution in [1.29, 1.82) is 0 Å². The Balaban J connectivity index is 2.42. The maximum absolute atomic E-state index is 8.98. The summed E-state index contributed by atoms with van der Waals surface area (Å²) >= 11 is 0. The summed E-state index contributed by atoms with van der Waals surface area (Å²) in [5.41, 5.74) is 1.51. The van der Waals surface area contributed by atoms with E-state index >= 15 is 0 Å². The maximum atomic E-state index is 8.98. The third-order valence-corrected chi connectivity index (χ3v) is 2.12. The van der Waals surface area contributed by atoms with Crippen LogP contribution in [0.25, 0.3) is 0 Å². The predicted octanol–water partition coefficient (Wildman–Crippen LogP) is 1.91. The molecule has 82 valence electrons. The van der Waals surface area contributed by atoms with Gasteiger partial charge in [-0.2, -0.15) is 0 Å². The van der Waals surface area contributed by atoms with Gasteiger partial charge in [0.25, 0.3) is 0 Å². The van der Waals surface area contributed by atoms with E-state index in [1.165, 1.54) is 12.7 Å². The number of rotatable bonds is 3. The molecule has 0 spiro atoms. The molecule has 1 aromatic heterocycles. The molecule has 0 bridgehead atoms. The number of nitrogens with zero attached hydrogens (tertiary/aromatic N) is 2. The summed E-state index contributed by atoms with van der Waals surface area (Å²) in [6, 6.07) is 7.16. The van der Waals surface area contributed by atoms with Gasteiger partial charge in [-0.05, 0) is 12.1 Å². The van der Waals surface area contributed by atoms with E-state index in [1.807, 2.05) is 0 Å². The summed E-state index contributed by atoms with van der Waals surface area (Å²) in [4.78, 5) is 3.92. The Morgan fingerprint density at radius 3 is 3.00 bits per heavy atom. The van der Waals surface area contributed by atoms with Gasteiger partial charge in [0.05, 0.1) is 7.11 Å². The number of oxime groups is 1. The van der Waals surface area contributed by atoms with E-state index in [0.717, 1.165) is 0 Å². The van der Waals surface area contributed by atoms with Gasteiger partial charge < -0.3 is 14.4 Å². The number of benzene rings is 1. The average Bonchev–Trinajstić information content (AvgIpc) is 2.84. The van der Waals surface area contributed by atoms with Crippen LogP contribution in [0, 0.1) is 0 Å². The molecule has 5 heteroatoms. The highest BCUT2D eigenvalue weighted by Gasteiger charge is 2.11. The van der Waals surface area contributed by atoms with Crippen molar-refractivity contribution in [2.45, 2.75) is 0 Å². The van der Waals surface area contributed by atoms with Gasteiger partial charge >= 0.3 is 0 Å². The van der Waals surface area contributed by atoms with Crippen LogP contribution in [0.1, 0.15) is 11.3 Å². The lowest BCUT2D eigenvalue weighted by Crippen LogP contribution is -2.03. The first-order valence-electron chi connectivity index (χ1n) is 4.60. The number of hydrogen-bond donors (Lipinski definition) is 1. The Kier molecular flexibility index (Phi) is 2.86. The zero-order valence-corrected chi connectivity index (χ0v) is 8.62. The van der Waals surface area contributed by atoms with E-state index in [1.54, 1.807) is 31.4 Å². The van der Waals surface area contributed by atoms with Crippen LogP contribution >= 0.6 is 0 Å². The maximum Gasteiger partial charge on any atom is 0.181 e. The second kappa shape index (κ2) is 4.48. The molecular formula is C11H10N2O3. The summed E-state index contributed by atoms with van der Waals surface area (Å²) in [6.07, 6.45) is 2.69. The average molecular weight is 218 g/mol. The second-order valence-corrected chi connectivity index (χ2v) is 3.05. The Hall–Kier alpha value is -2.30. The van der Waals surface area contributed by atoms with Crippen LogP contribution in [0.5, 0.6) is 5.75 Å². The first kappa shape index (κ1) is 10.2. The Bertz CT molecular complexity index is 492. The van der Waals surface area contributed by atoms with Crippen molar-refractivity contribution in [1.82, 2.24) is 4.98 Å². The van der Waals surface area contributed by atoms with Crippen molar-refractivity contribution in [3.8, 4) is 5.75 Å². The molecule has 0 atom stereocenters. The molecule has 1 heterocycles. The zero-order valence-electron chi connectivity index (χ0n) is 8.62. The molecule has 1 aromatic carbocycles. The topological polar surface area (TPSA) is 67.8 Å².